The molecule has 0 bridgehead atoms. The summed E-state index contributed by atoms with van der Waals surface area (Å²) in [6, 6.07) is 0. The van der Waals surface area contributed by atoms with Gasteiger partial charge >= 0.3 is 17.9 Å². The van der Waals surface area contributed by atoms with E-state index >= 15 is 0 Å². The van der Waals surface area contributed by atoms with Gasteiger partial charge in [-0.15, -0.1) is 0 Å². The molecule has 482 valence electrons. The van der Waals surface area contributed by atoms with Gasteiger partial charge in [0.25, 0.3) is 6.29 Å². The Balaban J connectivity index is 4.16. The molecular formula is C76H126NO8+. The highest BCUT2D eigenvalue weighted by Gasteiger charge is 2.25. The van der Waals surface area contributed by atoms with Crippen molar-refractivity contribution in [2.24, 2.45) is 0 Å². The van der Waals surface area contributed by atoms with Crippen molar-refractivity contribution in [2.75, 3.05) is 47.5 Å². The Bertz CT molecular complexity index is 1900. The monoisotopic (exact) mass is 1180 g/mol. The number of hydrogen-bond acceptors (Lipinski definition) is 7. The predicted molar refractivity (Wildman–Crippen MR) is 364 cm³/mol. The molecule has 0 aromatic rings. The molecule has 9 nitrogen and oxygen atoms in total. The van der Waals surface area contributed by atoms with E-state index in [-0.39, 0.29) is 38.6 Å². The van der Waals surface area contributed by atoms with E-state index in [4.69, 9.17) is 18.9 Å². The number of unbranched alkanes of at least 4 members (excludes halogenated alkanes) is 22. The third kappa shape index (κ3) is 66.5. The van der Waals surface area contributed by atoms with Gasteiger partial charge in [-0.2, -0.15) is 0 Å². The molecule has 0 fully saturated rings. The van der Waals surface area contributed by atoms with Crippen LogP contribution in [0.3, 0.4) is 0 Å². The summed E-state index contributed by atoms with van der Waals surface area (Å²) < 4.78 is 23.0. The molecular weight excluding hydrogens is 1050 g/mol. The van der Waals surface area contributed by atoms with E-state index in [1.807, 2.05) is 21.1 Å². The van der Waals surface area contributed by atoms with Crippen molar-refractivity contribution in [2.45, 2.75) is 270 Å². The van der Waals surface area contributed by atoms with Crippen LogP contribution in [0.5, 0.6) is 0 Å². The number of carbonyl (C=O) groups excluding carboxylic acids is 2. The van der Waals surface area contributed by atoms with E-state index in [0.717, 1.165) is 122 Å². The minimum Gasteiger partial charge on any atom is -0.477 e. The molecule has 1 N–H and O–H groups in total. The Labute approximate surface area is 522 Å². The molecule has 0 aliphatic rings. The summed E-state index contributed by atoms with van der Waals surface area (Å²) in [6.07, 6.45) is 92.3. The maximum absolute atomic E-state index is 12.9. The molecule has 0 rings (SSSR count). The topological polar surface area (TPSA) is 108 Å². The van der Waals surface area contributed by atoms with Crippen LogP contribution in [0.1, 0.15) is 258 Å². The van der Waals surface area contributed by atoms with Crippen LogP contribution in [0.2, 0.25) is 0 Å². The molecule has 85 heavy (non-hydrogen) atoms. The number of esters is 2. The Morgan fingerprint density at radius 1 is 0.353 bits per heavy atom. The zero-order valence-electron chi connectivity index (χ0n) is 55.0. The van der Waals surface area contributed by atoms with E-state index in [0.29, 0.717) is 17.4 Å². The minimum absolute atomic E-state index is 0.180. The van der Waals surface area contributed by atoms with Crippen molar-refractivity contribution < 1.29 is 42.9 Å². The van der Waals surface area contributed by atoms with Gasteiger partial charge in [-0.3, -0.25) is 9.59 Å². The Hall–Kier alpha value is -4.83. The molecule has 0 aliphatic carbocycles. The van der Waals surface area contributed by atoms with Crippen LogP contribution < -0.4 is 0 Å². The maximum Gasteiger partial charge on any atom is 0.361 e. The second kappa shape index (κ2) is 65.2. The summed E-state index contributed by atoms with van der Waals surface area (Å²) in [5, 5.41) is 9.74. The number of allylic oxidation sites excluding steroid dienone is 24. The van der Waals surface area contributed by atoms with Crippen molar-refractivity contribution in [3.05, 3.63) is 146 Å². The number of aliphatic carboxylic acids is 1. The van der Waals surface area contributed by atoms with Gasteiger partial charge in [0.1, 0.15) is 13.2 Å². The molecule has 0 heterocycles. The number of carboxylic acids is 1. The molecule has 0 amide bonds. The number of carboxylic acid groups (broad SMARTS) is 1. The molecule has 0 aliphatic heterocycles. The highest BCUT2D eigenvalue weighted by molar-refractivity contribution is 5.71. The second-order valence-corrected chi connectivity index (χ2v) is 23.4. The molecule has 9 heteroatoms. The summed E-state index contributed by atoms with van der Waals surface area (Å²) in [7, 11) is 5.97. The van der Waals surface area contributed by atoms with Gasteiger partial charge < -0.3 is 28.5 Å². The van der Waals surface area contributed by atoms with Crippen molar-refractivity contribution in [1.29, 1.82) is 0 Å². The quantitative estimate of drug-likeness (QED) is 0.0211. The van der Waals surface area contributed by atoms with Gasteiger partial charge in [0.05, 0.1) is 34.4 Å². The SMILES string of the molecule is CC/C=C\C/C=C\C/C=C\C/C=C\C/C=C\C/C=C\C/C=C\C/C=C\CCCCCCCCCCCCCCC(=O)OC(COC(=O)CCCCCCCCCCCC/C=C\C/C=C\C/C=C\C/C=C\CC)COC(OCC[N+](C)(C)C)C(=O)O. The molecule has 2 unspecified atom stereocenters. The lowest BCUT2D eigenvalue weighted by atomic mass is 10.0. The van der Waals surface area contributed by atoms with Crippen LogP contribution in [0.15, 0.2) is 146 Å². The van der Waals surface area contributed by atoms with Crippen LogP contribution in [0.25, 0.3) is 0 Å². The average Bonchev–Trinajstić information content (AvgIpc) is 3.48. The second-order valence-electron chi connectivity index (χ2n) is 23.4. The summed E-state index contributed by atoms with van der Waals surface area (Å²) in [5.74, 6) is -2.02. The minimum atomic E-state index is -1.52. The highest BCUT2D eigenvalue weighted by atomic mass is 16.7. The smallest absolute Gasteiger partial charge is 0.361 e. The van der Waals surface area contributed by atoms with E-state index in [1.165, 1.54) is 103 Å². The number of nitrogens with zero attached hydrogens (tertiary/aromatic N) is 1. The number of likely N-dealkylation sites (N-methyl/N-ethyl adjacent to an activating group) is 1. The van der Waals surface area contributed by atoms with Gasteiger partial charge in [0.2, 0.25) is 0 Å². The molecule has 0 aromatic heterocycles. The first kappa shape index (κ1) is 80.2. The molecule has 0 saturated heterocycles. The maximum atomic E-state index is 12.9. The summed E-state index contributed by atoms with van der Waals surface area (Å²) in [4.78, 5) is 37.6. The Kier molecular flexibility index (Phi) is 61.4. The van der Waals surface area contributed by atoms with Gasteiger partial charge in [-0.05, 0) is 116 Å². The van der Waals surface area contributed by atoms with Gasteiger partial charge in [0.15, 0.2) is 6.10 Å². The van der Waals surface area contributed by atoms with Crippen LogP contribution in [0, 0.1) is 0 Å². The first-order valence-corrected chi connectivity index (χ1v) is 34.0. The fourth-order valence-corrected chi connectivity index (χ4v) is 8.96. The van der Waals surface area contributed by atoms with E-state index in [1.54, 1.807) is 0 Å². The predicted octanol–water partition coefficient (Wildman–Crippen LogP) is 21.1. The van der Waals surface area contributed by atoms with Crippen molar-refractivity contribution >= 4 is 17.9 Å². The Morgan fingerprint density at radius 3 is 0.941 bits per heavy atom. The van der Waals surface area contributed by atoms with Crippen molar-refractivity contribution in [3.8, 4) is 0 Å². The third-order valence-electron chi connectivity index (χ3n) is 14.1. The number of ether oxygens (including phenoxy) is 4. The van der Waals surface area contributed by atoms with Crippen molar-refractivity contribution in [1.82, 2.24) is 0 Å². The highest BCUT2D eigenvalue weighted by Crippen LogP contribution is 2.16. The summed E-state index contributed by atoms with van der Waals surface area (Å²) in [5.41, 5.74) is 0. The van der Waals surface area contributed by atoms with E-state index in [9.17, 15) is 19.5 Å². The van der Waals surface area contributed by atoms with Gasteiger partial charge in [0, 0.05) is 12.8 Å². The molecule has 0 aromatic carbocycles. The van der Waals surface area contributed by atoms with Crippen LogP contribution in [-0.2, 0) is 33.3 Å². The molecule has 2 atom stereocenters. The lowest BCUT2D eigenvalue weighted by Crippen LogP contribution is -2.40. The van der Waals surface area contributed by atoms with E-state index in [2.05, 4.69) is 160 Å². The normalized spacial score (nSPS) is 13.7. The van der Waals surface area contributed by atoms with Crippen molar-refractivity contribution in [3.63, 3.8) is 0 Å². The number of carbonyl (C=O) groups is 3. The molecule has 0 saturated carbocycles. The largest absolute Gasteiger partial charge is 0.477 e. The summed E-state index contributed by atoms with van der Waals surface area (Å²) in [6.45, 7) is 4.64. The third-order valence-corrected chi connectivity index (χ3v) is 14.1. The van der Waals surface area contributed by atoms with Gasteiger partial charge in [-0.25, -0.2) is 4.79 Å². The fraction of sp³-hybridized carbons (Fsp3) is 0.645. The molecule has 0 spiro atoms. The lowest BCUT2D eigenvalue weighted by Gasteiger charge is -2.25. The van der Waals surface area contributed by atoms with E-state index < -0.39 is 24.3 Å². The Morgan fingerprint density at radius 2 is 0.635 bits per heavy atom. The zero-order valence-corrected chi connectivity index (χ0v) is 55.0. The average molecular weight is 1180 g/mol. The summed E-state index contributed by atoms with van der Waals surface area (Å²) >= 11 is 0. The number of hydrogen-bond donors (Lipinski definition) is 1. The zero-order chi connectivity index (χ0) is 61.9. The standard InChI is InChI=1S/C76H125NO8/c1-6-8-10-12-14-16-18-20-22-24-26-28-30-31-32-33-34-35-36-37-38-39-40-41-42-43-45-47-49-51-53-55-57-59-61-63-65-67-74(79)85-72(71-84-76(75(80)81)82-69-68-77(3,4)5)70-83-73(78)66-64-62-60-58-56-54-52-50-48-46-44-29-27-25-23-21-19-17-15-13-11-9-7-2/h8-11,14-17,20-23,26-29,31-32,34-35,37-38,40-41,72,76H,6-7,12-13,18-19,24-25,30,33,36,39,42-71H2,1-5H3/p+1/b10-8-,11-9-,16-14-,17-15-,22-20-,23-21-,28-26-,29-27-,32-31-,35-34-,38-37-,41-40-. The number of rotatable bonds is 61. The fourth-order valence-electron chi connectivity index (χ4n) is 8.96. The lowest BCUT2D eigenvalue weighted by molar-refractivity contribution is -0.870. The van der Waals surface area contributed by atoms with Gasteiger partial charge in [-0.1, -0.05) is 275 Å². The first-order valence-electron chi connectivity index (χ1n) is 34.0. The number of quaternary nitrogens is 1. The molecule has 0 radical (unpaired) electrons. The van der Waals surface area contributed by atoms with Crippen LogP contribution >= 0.6 is 0 Å². The van der Waals surface area contributed by atoms with Crippen LogP contribution in [0.4, 0.5) is 0 Å². The first-order chi connectivity index (χ1) is 41.6. The van der Waals surface area contributed by atoms with Crippen LogP contribution in [-0.4, -0.2) is 87.4 Å².